The molecule has 1 aromatic heterocycles. The summed E-state index contributed by atoms with van der Waals surface area (Å²) in [4.78, 5) is 25.1. The molecule has 1 heterocycles. The lowest BCUT2D eigenvalue weighted by Gasteiger charge is -2.14. The van der Waals surface area contributed by atoms with E-state index in [0.29, 0.717) is 38.7 Å². The summed E-state index contributed by atoms with van der Waals surface area (Å²) < 4.78 is 10.8. The number of fused-ring (bicyclic) bond motifs is 1. The van der Waals surface area contributed by atoms with Crippen LogP contribution in [0.5, 0.6) is 5.75 Å². The first-order chi connectivity index (χ1) is 15.9. The molecule has 2 N–H and O–H groups in total. The summed E-state index contributed by atoms with van der Waals surface area (Å²) in [6, 6.07) is 19.2. The number of methoxy groups -OCH3 is 1. The van der Waals surface area contributed by atoms with Crippen LogP contribution in [0.15, 0.2) is 75.9 Å². The zero-order chi connectivity index (χ0) is 23.5. The SMILES string of the molecule is COc1ccc(-c2cc3ccccc3oc2=O)cc1NC(=S)NC(=O)c1ccc(C)c(Cl)c1. The van der Waals surface area contributed by atoms with Crippen molar-refractivity contribution in [3.05, 3.63) is 93.3 Å². The number of benzene rings is 3. The number of hydrogen-bond acceptors (Lipinski definition) is 5. The molecule has 0 aliphatic rings. The van der Waals surface area contributed by atoms with Crippen LogP contribution in [0.1, 0.15) is 15.9 Å². The van der Waals surface area contributed by atoms with E-state index in [9.17, 15) is 9.59 Å². The maximum Gasteiger partial charge on any atom is 0.344 e. The van der Waals surface area contributed by atoms with E-state index in [-0.39, 0.29) is 5.11 Å². The first-order valence-corrected chi connectivity index (χ1v) is 10.7. The first kappa shape index (κ1) is 22.5. The van der Waals surface area contributed by atoms with Gasteiger partial charge in [0.25, 0.3) is 5.91 Å². The quantitative estimate of drug-likeness (QED) is 0.295. The fourth-order valence-electron chi connectivity index (χ4n) is 3.30. The molecule has 6 nitrogen and oxygen atoms in total. The Morgan fingerprint density at radius 2 is 1.85 bits per heavy atom. The van der Waals surface area contributed by atoms with E-state index in [1.165, 1.54) is 7.11 Å². The van der Waals surface area contributed by atoms with Gasteiger partial charge in [0.1, 0.15) is 11.3 Å². The summed E-state index contributed by atoms with van der Waals surface area (Å²) in [6.45, 7) is 1.85. The molecule has 0 bridgehead atoms. The van der Waals surface area contributed by atoms with Gasteiger partial charge in [-0.25, -0.2) is 4.79 Å². The number of carbonyl (C=O) groups excluding carboxylic acids is 1. The van der Waals surface area contributed by atoms with Crippen LogP contribution in [-0.2, 0) is 0 Å². The highest BCUT2D eigenvalue weighted by Crippen LogP contribution is 2.30. The Balaban J connectivity index is 1.60. The van der Waals surface area contributed by atoms with E-state index in [1.807, 2.05) is 19.1 Å². The Morgan fingerprint density at radius 3 is 2.61 bits per heavy atom. The van der Waals surface area contributed by atoms with Crippen molar-refractivity contribution in [3.8, 4) is 16.9 Å². The summed E-state index contributed by atoms with van der Waals surface area (Å²) in [5.74, 6) is 0.0820. The van der Waals surface area contributed by atoms with Crippen molar-refractivity contribution in [2.75, 3.05) is 12.4 Å². The highest BCUT2D eigenvalue weighted by Gasteiger charge is 2.14. The van der Waals surface area contributed by atoms with Gasteiger partial charge in [0.05, 0.1) is 18.4 Å². The average molecular weight is 479 g/mol. The van der Waals surface area contributed by atoms with Crippen molar-refractivity contribution in [2.45, 2.75) is 6.92 Å². The third kappa shape index (κ3) is 4.89. The Hall–Kier alpha value is -3.68. The minimum Gasteiger partial charge on any atom is -0.495 e. The van der Waals surface area contributed by atoms with Gasteiger partial charge in [-0.05, 0) is 66.7 Å². The second kappa shape index (κ2) is 9.44. The molecule has 0 saturated heterocycles. The van der Waals surface area contributed by atoms with E-state index in [1.54, 1.807) is 54.6 Å². The number of para-hydroxylation sites is 1. The highest BCUT2D eigenvalue weighted by molar-refractivity contribution is 7.80. The second-order valence-electron chi connectivity index (χ2n) is 7.27. The van der Waals surface area contributed by atoms with Gasteiger partial charge in [0, 0.05) is 16.0 Å². The largest absolute Gasteiger partial charge is 0.495 e. The fraction of sp³-hybridized carbons (Fsp3) is 0.0800. The number of hydrogen-bond donors (Lipinski definition) is 2. The van der Waals surface area contributed by atoms with E-state index in [2.05, 4.69) is 10.6 Å². The van der Waals surface area contributed by atoms with Crippen LogP contribution in [-0.4, -0.2) is 18.1 Å². The minimum atomic E-state index is -0.461. The molecule has 0 saturated carbocycles. The van der Waals surface area contributed by atoms with Gasteiger partial charge >= 0.3 is 5.63 Å². The van der Waals surface area contributed by atoms with E-state index in [4.69, 9.17) is 33.0 Å². The average Bonchev–Trinajstić information content (AvgIpc) is 2.80. The number of thiocarbonyl (C=S) groups is 1. The van der Waals surface area contributed by atoms with E-state index >= 15 is 0 Å². The predicted molar refractivity (Wildman–Crippen MR) is 134 cm³/mol. The number of halogens is 1. The van der Waals surface area contributed by atoms with Crippen LogP contribution in [0.2, 0.25) is 5.02 Å². The van der Waals surface area contributed by atoms with Gasteiger partial charge in [-0.2, -0.15) is 0 Å². The normalized spacial score (nSPS) is 10.6. The van der Waals surface area contributed by atoms with Crippen molar-refractivity contribution in [1.82, 2.24) is 5.32 Å². The smallest absolute Gasteiger partial charge is 0.344 e. The second-order valence-corrected chi connectivity index (χ2v) is 8.09. The van der Waals surface area contributed by atoms with Crippen LogP contribution < -0.4 is 21.0 Å². The van der Waals surface area contributed by atoms with Crippen molar-refractivity contribution in [1.29, 1.82) is 0 Å². The number of nitrogens with one attached hydrogen (secondary N) is 2. The number of anilines is 1. The molecule has 4 aromatic rings. The molecular weight excluding hydrogens is 460 g/mol. The molecule has 0 aliphatic heterocycles. The lowest BCUT2D eigenvalue weighted by atomic mass is 10.0. The molecule has 0 atom stereocenters. The van der Waals surface area contributed by atoms with E-state index in [0.717, 1.165) is 10.9 Å². The summed E-state index contributed by atoms with van der Waals surface area (Å²) in [5.41, 5.74) is 2.78. The molecule has 3 aromatic carbocycles. The maximum absolute atomic E-state index is 12.6. The Kier molecular flexibility index (Phi) is 6.44. The first-order valence-electron chi connectivity index (χ1n) is 9.95. The lowest BCUT2D eigenvalue weighted by Crippen LogP contribution is -2.34. The van der Waals surface area contributed by atoms with Gasteiger partial charge in [-0.3, -0.25) is 10.1 Å². The third-order valence-corrected chi connectivity index (χ3v) is 5.67. The van der Waals surface area contributed by atoms with Crippen molar-refractivity contribution in [3.63, 3.8) is 0 Å². The number of ether oxygens (including phenoxy) is 1. The zero-order valence-corrected chi connectivity index (χ0v) is 19.3. The monoisotopic (exact) mass is 478 g/mol. The molecule has 33 heavy (non-hydrogen) atoms. The topological polar surface area (TPSA) is 80.6 Å². The van der Waals surface area contributed by atoms with Crippen LogP contribution in [0, 0.1) is 6.92 Å². The van der Waals surface area contributed by atoms with Gasteiger partial charge in [-0.15, -0.1) is 0 Å². The Morgan fingerprint density at radius 1 is 1.06 bits per heavy atom. The molecule has 0 aliphatic carbocycles. The Labute approximate surface area is 200 Å². The van der Waals surface area contributed by atoms with Gasteiger partial charge in [0.15, 0.2) is 5.11 Å². The predicted octanol–water partition coefficient (Wildman–Crippen LogP) is 5.56. The van der Waals surface area contributed by atoms with E-state index < -0.39 is 11.5 Å². The van der Waals surface area contributed by atoms with Gasteiger partial charge in [-0.1, -0.05) is 41.9 Å². The molecule has 0 unspecified atom stereocenters. The molecule has 0 spiro atoms. The van der Waals surface area contributed by atoms with Crippen LogP contribution in [0.25, 0.3) is 22.1 Å². The van der Waals surface area contributed by atoms with Gasteiger partial charge < -0.3 is 14.5 Å². The molecule has 0 fully saturated rings. The van der Waals surface area contributed by atoms with Crippen molar-refractivity contribution >= 4 is 51.5 Å². The fourth-order valence-corrected chi connectivity index (χ4v) is 3.68. The molecule has 166 valence electrons. The Bertz CT molecular complexity index is 1450. The number of rotatable bonds is 4. The minimum absolute atomic E-state index is 0.0673. The number of carbonyl (C=O) groups is 1. The summed E-state index contributed by atoms with van der Waals surface area (Å²) in [7, 11) is 1.51. The highest BCUT2D eigenvalue weighted by atomic mass is 35.5. The molecule has 8 heteroatoms. The molecular formula is C25H19ClN2O4S. The molecule has 1 amide bonds. The number of aryl methyl sites for hydroxylation is 1. The third-order valence-electron chi connectivity index (χ3n) is 5.06. The van der Waals surface area contributed by atoms with Crippen LogP contribution >= 0.6 is 23.8 Å². The van der Waals surface area contributed by atoms with Crippen molar-refractivity contribution < 1.29 is 13.9 Å². The van der Waals surface area contributed by atoms with Crippen LogP contribution in [0.4, 0.5) is 5.69 Å². The maximum atomic E-state index is 12.6. The lowest BCUT2D eigenvalue weighted by molar-refractivity contribution is 0.0977. The standard InChI is InChI=1S/C25H19ClN2O4S/c1-14-7-8-17(12-19(14)26)23(29)28-25(33)27-20-13-15(9-10-22(20)31-2)18-11-16-5-3-4-6-21(16)32-24(18)30/h3-13H,1-2H3,(H2,27,28,29,33). The summed E-state index contributed by atoms with van der Waals surface area (Å²) in [5, 5.41) is 6.95. The number of amides is 1. The summed E-state index contributed by atoms with van der Waals surface area (Å²) in [6.07, 6.45) is 0. The van der Waals surface area contributed by atoms with Gasteiger partial charge in [0.2, 0.25) is 0 Å². The summed E-state index contributed by atoms with van der Waals surface area (Å²) >= 11 is 11.4. The van der Waals surface area contributed by atoms with Crippen LogP contribution in [0.3, 0.4) is 0 Å². The zero-order valence-electron chi connectivity index (χ0n) is 17.8. The molecule has 4 rings (SSSR count). The molecule has 0 radical (unpaired) electrons. The van der Waals surface area contributed by atoms with Crippen molar-refractivity contribution in [2.24, 2.45) is 0 Å².